The van der Waals surface area contributed by atoms with Crippen LogP contribution in [0.4, 0.5) is 5.69 Å². The predicted octanol–water partition coefficient (Wildman–Crippen LogP) is 3.71. The summed E-state index contributed by atoms with van der Waals surface area (Å²) >= 11 is 0. The quantitative estimate of drug-likeness (QED) is 0.533. The van der Waals surface area contributed by atoms with Gasteiger partial charge in [-0.1, -0.05) is 24.1 Å². The number of sulfonamides is 1. The van der Waals surface area contributed by atoms with E-state index in [1.807, 2.05) is 36.1 Å². The lowest BCUT2D eigenvalue weighted by atomic mass is 10.2. The second kappa shape index (κ2) is 8.47. The minimum atomic E-state index is -3.84. The molecule has 30 heavy (non-hydrogen) atoms. The summed E-state index contributed by atoms with van der Waals surface area (Å²) in [6.07, 6.45) is 3.59. The molecule has 2 aliphatic rings. The van der Waals surface area contributed by atoms with E-state index in [1.54, 1.807) is 12.1 Å². The number of carbonyl (C=O) groups is 1. The summed E-state index contributed by atoms with van der Waals surface area (Å²) in [6.45, 7) is 2.98. The first-order chi connectivity index (χ1) is 14.4. The van der Waals surface area contributed by atoms with Gasteiger partial charge in [0.25, 0.3) is 10.0 Å². The molecule has 0 spiro atoms. The molecule has 2 aliphatic heterocycles. The Morgan fingerprint density at radius 3 is 2.67 bits per heavy atom. The van der Waals surface area contributed by atoms with E-state index in [9.17, 15) is 13.2 Å². The molecule has 4 rings (SSSR count). The van der Waals surface area contributed by atoms with Crippen LogP contribution in [0.2, 0.25) is 0 Å². The van der Waals surface area contributed by atoms with Crippen LogP contribution in [0.5, 0.6) is 5.75 Å². The maximum Gasteiger partial charge on any atom is 0.338 e. The molecule has 2 aromatic carbocycles. The number of amidine groups is 1. The molecule has 0 amide bonds. The number of benzene rings is 2. The SMILES string of the molecule is Cc1ccc(OCCOC(=O)c2ccc3c(c2)S(=O)(=O)N=C2CCCCCN23)cc1. The fourth-order valence-electron chi connectivity index (χ4n) is 3.62. The topological polar surface area (TPSA) is 85.3 Å². The van der Waals surface area contributed by atoms with Gasteiger partial charge in [0.1, 0.15) is 29.7 Å². The van der Waals surface area contributed by atoms with Gasteiger partial charge in [-0.3, -0.25) is 0 Å². The molecule has 0 aromatic heterocycles. The van der Waals surface area contributed by atoms with Gasteiger partial charge in [0.2, 0.25) is 0 Å². The second-order valence-electron chi connectivity index (χ2n) is 7.42. The smallest absolute Gasteiger partial charge is 0.338 e. The number of rotatable bonds is 5. The molecule has 0 atom stereocenters. The van der Waals surface area contributed by atoms with Crippen molar-refractivity contribution < 1.29 is 22.7 Å². The standard InChI is InChI=1S/C22H24N2O5S/c1-16-6-9-18(10-7-16)28-13-14-29-22(25)17-8-11-19-20(15-17)30(26,27)23-21-5-3-2-4-12-24(19)21/h6-11,15H,2-5,12-14H2,1H3. The van der Waals surface area contributed by atoms with Gasteiger partial charge in [-0.05, 0) is 50.1 Å². The van der Waals surface area contributed by atoms with Gasteiger partial charge < -0.3 is 14.4 Å². The van der Waals surface area contributed by atoms with Crippen LogP contribution in [0.15, 0.2) is 51.8 Å². The van der Waals surface area contributed by atoms with Crippen molar-refractivity contribution >= 4 is 27.5 Å². The van der Waals surface area contributed by atoms with Crippen molar-refractivity contribution in [2.75, 3.05) is 24.7 Å². The number of anilines is 1. The van der Waals surface area contributed by atoms with Crippen molar-refractivity contribution in [3.05, 3.63) is 53.6 Å². The molecule has 0 radical (unpaired) electrons. The molecular formula is C22H24N2O5S. The third-order valence-corrected chi connectivity index (χ3v) is 6.52. The van der Waals surface area contributed by atoms with Crippen LogP contribution >= 0.6 is 0 Å². The van der Waals surface area contributed by atoms with Crippen LogP contribution in [0, 0.1) is 6.92 Å². The van der Waals surface area contributed by atoms with Crippen molar-refractivity contribution in [3.63, 3.8) is 0 Å². The van der Waals surface area contributed by atoms with Crippen molar-refractivity contribution in [1.29, 1.82) is 0 Å². The molecule has 0 bridgehead atoms. The van der Waals surface area contributed by atoms with Gasteiger partial charge in [-0.2, -0.15) is 8.42 Å². The summed E-state index contributed by atoms with van der Waals surface area (Å²) in [5, 5.41) is 0. The Hall–Kier alpha value is -2.87. The Kier molecular flexibility index (Phi) is 5.76. The number of aryl methyl sites for hydroxylation is 1. The highest BCUT2D eigenvalue weighted by atomic mass is 32.2. The van der Waals surface area contributed by atoms with E-state index in [0.29, 0.717) is 23.7 Å². The van der Waals surface area contributed by atoms with Crippen molar-refractivity contribution in [3.8, 4) is 5.75 Å². The third-order valence-electron chi connectivity index (χ3n) is 5.19. The number of hydrogen-bond donors (Lipinski definition) is 0. The van der Waals surface area contributed by atoms with E-state index in [1.165, 1.54) is 6.07 Å². The Balaban J connectivity index is 1.44. The summed E-state index contributed by atoms with van der Waals surface area (Å²) in [4.78, 5) is 14.4. The first-order valence-corrected chi connectivity index (χ1v) is 11.5. The summed E-state index contributed by atoms with van der Waals surface area (Å²) in [6, 6.07) is 12.2. The van der Waals surface area contributed by atoms with E-state index in [0.717, 1.165) is 31.4 Å². The largest absolute Gasteiger partial charge is 0.490 e. The van der Waals surface area contributed by atoms with Gasteiger partial charge in [-0.25, -0.2) is 4.79 Å². The monoisotopic (exact) mass is 428 g/mol. The summed E-state index contributed by atoms with van der Waals surface area (Å²) < 4.78 is 40.1. The van der Waals surface area contributed by atoms with Crippen molar-refractivity contribution in [2.24, 2.45) is 4.40 Å². The van der Waals surface area contributed by atoms with Crippen molar-refractivity contribution in [1.82, 2.24) is 0 Å². The van der Waals surface area contributed by atoms with Gasteiger partial charge in [0.15, 0.2) is 0 Å². The zero-order valence-electron chi connectivity index (χ0n) is 16.8. The lowest BCUT2D eigenvalue weighted by Gasteiger charge is -2.29. The molecule has 0 aliphatic carbocycles. The molecule has 1 fully saturated rings. The minimum Gasteiger partial charge on any atom is -0.490 e. The van der Waals surface area contributed by atoms with Gasteiger partial charge in [0.05, 0.1) is 11.3 Å². The Labute approximate surface area is 176 Å². The number of hydrogen-bond acceptors (Lipinski definition) is 6. The Morgan fingerprint density at radius 2 is 1.87 bits per heavy atom. The number of fused-ring (bicyclic) bond motifs is 3. The van der Waals surface area contributed by atoms with E-state index in [2.05, 4.69) is 4.40 Å². The highest BCUT2D eigenvalue weighted by Gasteiger charge is 2.32. The van der Waals surface area contributed by atoms with Crippen molar-refractivity contribution in [2.45, 2.75) is 37.5 Å². The van der Waals surface area contributed by atoms with Crippen LogP contribution in [0.25, 0.3) is 0 Å². The molecule has 0 N–H and O–H groups in total. The number of nitrogens with zero attached hydrogens (tertiary/aromatic N) is 2. The van der Waals surface area contributed by atoms with E-state index < -0.39 is 16.0 Å². The zero-order chi connectivity index (χ0) is 21.1. The van der Waals surface area contributed by atoms with E-state index >= 15 is 0 Å². The van der Waals surface area contributed by atoms with Crippen LogP contribution < -0.4 is 9.64 Å². The maximum atomic E-state index is 12.7. The van der Waals surface area contributed by atoms with Crippen LogP contribution in [0.1, 0.15) is 41.6 Å². The zero-order valence-corrected chi connectivity index (χ0v) is 17.7. The van der Waals surface area contributed by atoms with Crippen LogP contribution in [-0.2, 0) is 14.8 Å². The normalized spacial score (nSPS) is 17.2. The summed E-state index contributed by atoms with van der Waals surface area (Å²) in [7, 11) is -3.84. The van der Waals surface area contributed by atoms with Gasteiger partial charge >= 0.3 is 5.97 Å². The molecule has 7 nitrogen and oxygen atoms in total. The summed E-state index contributed by atoms with van der Waals surface area (Å²) in [5.74, 6) is 0.692. The first-order valence-electron chi connectivity index (χ1n) is 10.1. The molecular weight excluding hydrogens is 404 g/mol. The molecule has 0 saturated carbocycles. The lowest BCUT2D eigenvalue weighted by molar-refractivity contribution is 0.0450. The number of ether oxygens (including phenoxy) is 2. The molecule has 158 valence electrons. The highest BCUT2D eigenvalue weighted by Crippen LogP contribution is 2.35. The maximum absolute atomic E-state index is 12.7. The first kappa shape index (κ1) is 20.4. The Morgan fingerprint density at radius 1 is 1.07 bits per heavy atom. The lowest BCUT2D eigenvalue weighted by Crippen LogP contribution is -2.35. The molecule has 2 aromatic rings. The Bertz CT molecular complexity index is 1080. The fraction of sp³-hybridized carbons (Fsp3) is 0.364. The van der Waals surface area contributed by atoms with Gasteiger partial charge in [0, 0.05) is 13.0 Å². The molecule has 1 saturated heterocycles. The van der Waals surface area contributed by atoms with E-state index in [4.69, 9.17) is 9.47 Å². The number of carbonyl (C=O) groups excluding carboxylic acids is 1. The highest BCUT2D eigenvalue weighted by molar-refractivity contribution is 7.90. The predicted molar refractivity (Wildman–Crippen MR) is 114 cm³/mol. The van der Waals surface area contributed by atoms with Gasteiger partial charge in [-0.15, -0.1) is 4.40 Å². The fourth-order valence-corrected chi connectivity index (χ4v) is 4.90. The second-order valence-corrected chi connectivity index (χ2v) is 9.00. The average molecular weight is 429 g/mol. The molecule has 0 unspecified atom stereocenters. The minimum absolute atomic E-state index is 0.0542. The van der Waals surface area contributed by atoms with Crippen LogP contribution in [0.3, 0.4) is 0 Å². The van der Waals surface area contributed by atoms with Crippen LogP contribution in [-0.4, -0.2) is 40.0 Å². The average Bonchev–Trinajstić information content (AvgIpc) is 2.97. The number of esters is 1. The molecule has 8 heteroatoms. The molecule has 2 heterocycles. The third kappa shape index (κ3) is 4.33. The summed E-state index contributed by atoms with van der Waals surface area (Å²) in [5.41, 5.74) is 1.90. The van der Waals surface area contributed by atoms with E-state index in [-0.39, 0.29) is 23.7 Å².